The molecule has 4 rings (SSSR count). The van der Waals surface area contributed by atoms with Crippen LogP contribution < -0.4 is 4.74 Å². The van der Waals surface area contributed by atoms with Gasteiger partial charge in [-0.05, 0) is 54.4 Å². The number of ether oxygens (including phenoxy) is 4. The summed E-state index contributed by atoms with van der Waals surface area (Å²) in [5.41, 5.74) is 0.572. The van der Waals surface area contributed by atoms with Gasteiger partial charge in [0.05, 0.1) is 13.2 Å². The van der Waals surface area contributed by atoms with E-state index in [2.05, 4.69) is 74.3 Å². The van der Waals surface area contributed by atoms with Crippen LogP contribution in [-0.4, -0.2) is 63.1 Å². The lowest BCUT2D eigenvalue weighted by Crippen LogP contribution is -2.49. The molecule has 282 valence electrons. The van der Waals surface area contributed by atoms with Gasteiger partial charge in [0.25, 0.3) is 0 Å². The fraction of sp³-hybridized carbons (Fsp3) is 0.590. The number of nitrogens with zero attached hydrogens (tertiary/aromatic N) is 4. The van der Waals surface area contributed by atoms with Crippen LogP contribution in [0.5, 0.6) is 5.88 Å². The van der Waals surface area contributed by atoms with Crippen LogP contribution in [0.4, 0.5) is 14.4 Å². The number of amides is 3. The second kappa shape index (κ2) is 15.0. The molecule has 0 saturated heterocycles. The van der Waals surface area contributed by atoms with Crippen molar-refractivity contribution >= 4 is 29.9 Å². The first-order valence-corrected chi connectivity index (χ1v) is 17.9. The molecule has 2 unspecified atom stereocenters. The Labute approximate surface area is 305 Å². The quantitative estimate of drug-likeness (QED) is 0.192. The molecule has 3 aromatic rings. The number of esters is 1. The van der Waals surface area contributed by atoms with Crippen LogP contribution in [0.3, 0.4) is 0 Å². The van der Waals surface area contributed by atoms with E-state index in [1.165, 1.54) is 18.4 Å². The maximum absolute atomic E-state index is 14.5. The van der Waals surface area contributed by atoms with Crippen molar-refractivity contribution in [2.75, 3.05) is 13.2 Å². The Hall–Kier alpha value is -4.86. The van der Waals surface area contributed by atoms with E-state index in [9.17, 15) is 24.4 Å². The number of benzene rings is 1. The number of carbonyl (C=O) groups excluding carboxylic acids is 4. The molecule has 52 heavy (non-hydrogen) atoms. The highest BCUT2D eigenvalue weighted by Crippen LogP contribution is 2.50. The molecule has 2 atom stereocenters. The Morgan fingerprint density at radius 1 is 0.885 bits per heavy atom. The molecular formula is C39H53N5O8. The topological polar surface area (TPSA) is 165 Å². The number of nitrogens with one attached hydrogen (secondary N) is 1. The van der Waals surface area contributed by atoms with Crippen molar-refractivity contribution in [3.8, 4) is 23.3 Å². The maximum atomic E-state index is 14.5. The van der Waals surface area contributed by atoms with Gasteiger partial charge in [0.1, 0.15) is 23.3 Å². The fourth-order valence-corrected chi connectivity index (χ4v) is 6.92. The van der Waals surface area contributed by atoms with Gasteiger partial charge in [0.15, 0.2) is 11.5 Å². The van der Waals surface area contributed by atoms with Crippen molar-refractivity contribution in [3.05, 3.63) is 41.0 Å². The molecule has 13 heteroatoms. The molecule has 1 aromatic carbocycles. The Morgan fingerprint density at radius 3 is 1.85 bits per heavy atom. The smallest absolute Gasteiger partial charge is 0.436 e. The third-order valence-electron chi connectivity index (χ3n) is 9.72. The third kappa shape index (κ3) is 8.27. The zero-order valence-corrected chi connectivity index (χ0v) is 32.5. The van der Waals surface area contributed by atoms with Crippen molar-refractivity contribution in [2.24, 2.45) is 28.6 Å². The summed E-state index contributed by atoms with van der Waals surface area (Å²) in [7, 11) is 0. The average Bonchev–Trinajstić information content (AvgIpc) is 3.58. The number of hydrogen-bond donors (Lipinski definition) is 1. The lowest BCUT2D eigenvalue weighted by Gasteiger charge is -2.50. The standard InChI is InChI=1S/C39H53N5O8/c1-13-49-34(46)43(35(47)50-14-2)36(48)52-32-25(21-40)28(31-41-30(42-44(31)32)23-15-17-24(18-16-23)37(4,5)6)33(45)51-29-26(38(7,8)9)19-22(3)20-27(29)39(10,11)12/h15-18,22,26-27,29H,13-14,19-20H2,1-12H3,(H,41,42). The highest BCUT2D eigenvalue weighted by Gasteiger charge is 2.49. The Balaban J connectivity index is 1.90. The van der Waals surface area contributed by atoms with Crippen LogP contribution in [0.2, 0.25) is 0 Å². The second-order valence-corrected chi connectivity index (χ2v) is 16.7. The van der Waals surface area contributed by atoms with Crippen LogP contribution in [0.25, 0.3) is 17.0 Å². The summed E-state index contributed by atoms with van der Waals surface area (Å²) in [6.07, 6.45) is -2.99. The van der Waals surface area contributed by atoms with Gasteiger partial charge in [-0.15, -0.1) is 4.90 Å². The number of fused-ring (bicyclic) bond motifs is 1. The SMILES string of the molecule is CCOC(=O)N(C(=O)OCC)C(=O)Oc1c(C#N)c(C(=O)OC2C(C(C)(C)C)CC(C)CC2C(C)(C)C)c2nc(-c3ccc(C(C)(C)C)cc3)[nH]n12. The van der Waals surface area contributed by atoms with Gasteiger partial charge >= 0.3 is 24.2 Å². The number of H-pyrrole nitrogens is 1. The summed E-state index contributed by atoms with van der Waals surface area (Å²) in [6, 6.07) is 9.63. The molecule has 13 nitrogen and oxygen atoms in total. The zero-order valence-electron chi connectivity index (χ0n) is 32.5. The van der Waals surface area contributed by atoms with Crippen LogP contribution in [0.15, 0.2) is 24.3 Å². The van der Waals surface area contributed by atoms with E-state index in [1.54, 1.807) is 0 Å². The van der Waals surface area contributed by atoms with E-state index in [1.807, 2.05) is 30.3 Å². The molecule has 1 fully saturated rings. The lowest BCUT2D eigenvalue weighted by molar-refractivity contribution is -0.0922. The normalized spacial score (nSPS) is 19.4. The molecule has 0 spiro atoms. The van der Waals surface area contributed by atoms with Crippen molar-refractivity contribution in [3.63, 3.8) is 0 Å². The predicted molar refractivity (Wildman–Crippen MR) is 194 cm³/mol. The Kier molecular flexibility index (Phi) is 11.5. The van der Waals surface area contributed by atoms with E-state index in [0.717, 1.165) is 18.4 Å². The Bertz CT molecular complexity index is 1800. The van der Waals surface area contributed by atoms with Gasteiger partial charge in [0.2, 0.25) is 5.88 Å². The number of aromatic amines is 1. The van der Waals surface area contributed by atoms with Crippen molar-refractivity contribution in [2.45, 2.75) is 107 Å². The summed E-state index contributed by atoms with van der Waals surface area (Å²) < 4.78 is 23.0. The molecule has 2 aromatic heterocycles. The van der Waals surface area contributed by atoms with Gasteiger partial charge in [-0.2, -0.15) is 5.26 Å². The van der Waals surface area contributed by atoms with E-state index in [0.29, 0.717) is 17.3 Å². The summed E-state index contributed by atoms with van der Waals surface area (Å²) >= 11 is 0. The summed E-state index contributed by atoms with van der Waals surface area (Å²) in [6.45, 7) is 24.0. The molecule has 1 aliphatic carbocycles. The molecule has 0 bridgehead atoms. The highest BCUT2D eigenvalue weighted by atomic mass is 16.6. The largest absolute Gasteiger partial charge is 0.458 e. The minimum absolute atomic E-state index is 0.00385. The van der Waals surface area contributed by atoms with E-state index >= 15 is 0 Å². The van der Waals surface area contributed by atoms with Gasteiger partial charge in [-0.3, -0.25) is 5.10 Å². The lowest BCUT2D eigenvalue weighted by atomic mass is 9.59. The molecule has 0 aliphatic heterocycles. The van der Waals surface area contributed by atoms with Gasteiger partial charge in [0, 0.05) is 17.4 Å². The van der Waals surface area contributed by atoms with E-state index in [-0.39, 0.29) is 63.0 Å². The summed E-state index contributed by atoms with van der Waals surface area (Å²) in [4.78, 5) is 58.2. The number of carbonyl (C=O) groups is 4. The number of rotatable bonds is 6. The van der Waals surface area contributed by atoms with Gasteiger partial charge < -0.3 is 18.9 Å². The molecule has 1 aliphatic rings. The second-order valence-electron chi connectivity index (χ2n) is 16.7. The molecule has 1 N–H and O–H groups in total. The fourth-order valence-electron chi connectivity index (χ4n) is 6.92. The van der Waals surface area contributed by atoms with Crippen molar-refractivity contribution < 1.29 is 38.1 Å². The number of aromatic nitrogens is 3. The van der Waals surface area contributed by atoms with Crippen molar-refractivity contribution in [1.82, 2.24) is 19.5 Å². The van der Waals surface area contributed by atoms with Crippen molar-refractivity contribution in [1.29, 1.82) is 5.26 Å². The minimum Gasteiger partial charge on any atom is -0.458 e. The monoisotopic (exact) mass is 719 g/mol. The highest BCUT2D eigenvalue weighted by molar-refractivity contribution is 6.05. The van der Waals surface area contributed by atoms with Gasteiger partial charge in [-0.25, -0.2) is 28.7 Å². The van der Waals surface area contributed by atoms with E-state index < -0.39 is 36.2 Å². The first-order chi connectivity index (χ1) is 24.1. The molecular weight excluding hydrogens is 666 g/mol. The molecule has 0 radical (unpaired) electrons. The first-order valence-electron chi connectivity index (χ1n) is 17.9. The van der Waals surface area contributed by atoms with Gasteiger partial charge in [-0.1, -0.05) is 93.5 Å². The number of nitriles is 1. The van der Waals surface area contributed by atoms with Crippen LogP contribution in [0, 0.1) is 39.9 Å². The van der Waals surface area contributed by atoms with Crippen LogP contribution in [-0.2, 0) is 19.6 Å². The number of hydrogen-bond acceptors (Lipinski definition) is 10. The third-order valence-corrected chi connectivity index (χ3v) is 9.72. The maximum Gasteiger partial charge on any atom is 0.436 e. The van der Waals surface area contributed by atoms with E-state index in [4.69, 9.17) is 23.9 Å². The molecule has 1 saturated carbocycles. The molecule has 3 amide bonds. The zero-order chi connectivity index (χ0) is 38.9. The summed E-state index contributed by atoms with van der Waals surface area (Å²) in [5, 5.41) is 13.5. The predicted octanol–water partition coefficient (Wildman–Crippen LogP) is 8.89. The van der Waals surface area contributed by atoms with Crippen LogP contribution in [0.1, 0.15) is 117 Å². The van der Waals surface area contributed by atoms with Crippen LogP contribution >= 0.6 is 0 Å². The first kappa shape index (κ1) is 39.9. The average molecular weight is 720 g/mol. The minimum atomic E-state index is -1.51. The Morgan fingerprint density at radius 2 is 1.40 bits per heavy atom. The number of imide groups is 3. The molecule has 2 heterocycles. The summed E-state index contributed by atoms with van der Waals surface area (Å²) in [5.74, 6) is -0.576.